The number of rotatable bonds is 2. The first kappa shape index (κ1) is 10.4. The number of benzene rings is 1. The second kappa shape index (κ2) is 3.81. The van der Waals surface area contributed by atoms with E-state index in [9.17, 15) is 4.79 Å². The van der Waals surface area contributed by atoms with Gasteiger partial charge < -0.3 is 9.67 Å². The molecule has 2 aromatic rings. The fraction of sp³-hybridized carbons (Fsp3) is 0.167. The van der Waals surface area contributed by atoms with Crippen LogP contribution in [0.2, 0.25) is 0 Å². The van der Waals surface area contributed by atoms with Crippen LogP contribution in [0.1, 0.15) is 16.3 Å². The number of imidazole rings is 1. The van der Waals surface area contributed by atoms with Gasteiger partial charge in [0.05, 0.1) is 11.4 Å². The molecule has 1 N–H and O–H groups in total. The van der Waals surface area contributed by atoms with Crippen LogP contribution in [0.25, 0.3) is 11.3 Å². The van der Waals surface area contributed by atoms with Crippen molar-refractivity contribution in [2.24, 2.45) is 7.05 Å². The lowest BCUT2D eigenvalue weighted by Gasteiger charge is -2.04. The molecule has 16 heavy (non-hydrogen) atoms. The first-order chi connectivity index (χ1) is 7.61. The number of nitrogens with zero attached hydrogens (tertiary/aromatic N) is 2. The van der Waals surface area contributed by atoms with E-state index in [2.05, 4.69) is 4.98 Å². The van der Waals surface area contributed by atoms with Gasteiger partial charge in [0.1, 0.15) is 0 Å². The van der Waals surface area contributed by atoms with E-state index in [1.807, 2.05) is 37.3 Å². The molecule has 0 aliphatic carbocycles. The minimum absolute atomic E-state index is 0.0661. The van der Waals surface area contributed by atoms with Crippen LogP contribution >= 0.6 is 0 Å². The number of carbonyl (C=O) groups is 1. The van der Waals surface area contributed by atoms with Crippen molar-refractivity contribution < 1.29 is 9.90 Å². The van der Waals surface area contributed by atoms with E-state index in [-0.39, 0.29) is 5.82 Å². The molecule has 4 nitrogen and oxygen atoms in total. The van der Waals surface area contributed by atoms with E-state index in [0.29, 0.717) is 0 Å². The predicted molar refractivity (Wildman–Crippen MR) is 60.3 cm³/mol. The lowest BCUT2D eigenvalue weighted by Crippen LogP contribution is -2.06. The average Bonchev–Trinajstić information content (AvgIpc) is 2.56. The second-order valence-electron chi connectivity index (χ2n) is 3.60. The van der Waals surface area contributed by atoms with Gasteiger partial charge in [0.2, 0.25) is 5.82 Å². The zero-order chi connectivity index (χ0) is 11.7. The Morgan fingerprint density at radius 3 is 2.44 bits per heavy atom. The van der Waals surface area contributed by atoms with Gasteiger partial charge >= 0.3 is 5.97 Å². The molecule has 1 heterocycles. The van der Waals surface area contributed by atoms with Gasteiger partial charge in [-0.15, -0.1) is 0 Å². The Kier molecular flexibility index (Phi) is 2.48. The summed E-state index contributed by atoms with van der Waals surface area (Å²) in [6.07, 6.45) is 0. The molecular formula is C12H12N2O2. The standard InChI is InChI=1S/C12H12N2O2/c1-8-10(9-6-4-3-5-7-9)14(2)11(13-8)12(15)16/h3-7H,1-2H3,(H,15,16). The van der Waals surface area contributed by atoms with Gasteiger partial charge in [-0.25, -0.2) is 9.78 Å². The number of aromatic nitrogens is 2. The molecule has 82 valence electrons. The van der Waals surface area contributed by atoms with Crippen LogP contribution in [-0.4, -0.2) is 20.6 Å². The molecule has 0 fully saturated rings. The highest BCUT2D eigenvalue weighted by Crippen LogP contribution is 2.23. The van der Waals surface area contributed by atoms with E-state index in [1.165, 1.54) is 0 Å². The van der Waals surface area contributed by atoms with E-state index < -0.39 is 5.97 Å². The summed E-state index contributed by atoms with van der Waals surface area (Å²) in [4.78, 5) is 15.0. The Hall–Kier alpha value is -2.10. The summed E-state index contributed by atoms with van der Waals surface area (Å²) in [6, 6.07) is 9.64. The Morgan fingerprint density at radius 2 is 1.94 bits per heavy atom. The predicted octanol–water partition coefficient (Wildman–Crippen LogP) is 2.09. The first-order valence-corrected chi connectivity index (χ1v) is 4.93. The fourth-order valence-electron chi connectivity index (χ4n) is 1.83. The smallest absolute Gasteiger partial charge is 0.372 e. The molecule has 0 bridgehead atoms. The summed E-state index contributed by atoms with van der Waals surface area (Å²) in [5, 5.41) is 8.97. The zero-order valence-corrected chi connectivity index (χ0v) is 9.14. The maximum atomic E-state index is 10.9. The van der Waals surface area contributed by atoms with Crippen molar-refractivity contribution in [1.29, 1.82) is 0 Å². The number of hydrogen-bond acceptors (Lipinski definition) is 2. The van der Waals surface area contributed by atoms with Gasteiger partial charge in [-0.1, -0.05) is 30.3 Å². The highest BCUT2D eigenvalue weighted by molar-refractivity contribution is 5.85. The monoisotopic (exact) mass is 216 g/mol. The quantitative estimate of drug-likeness (QED) is 0.836. The molecule has 0 unspecified atom stereocenters. The molecule has 0 radical (unpaired) electrons. The molecule has 0 saturated heterocycles. The van der Waals surface area contributed by atoms with E-state index in [4.69, 9.17) is 5.11 Å². The number of aryl methyl sites for hydroxylation is 1. The maximum Gasteiger partial charge on any atom is 0.372 e. The molecular weight excluding hydrogens is 204 g/mol. The van der Waals surface area contributed by atoms with Gasteiger partial charge in [0, 0.05) is 12.6 Å². The molecule has 0 spiro atoms. The highest BCUT2D eigenvalue weighted by Gasteiger charge is 2.17. The summed E-state index contributed by atoms with van der Waals surface area (Å²) in [5.41, 5.74) is 2.55. The Balaban J connectivity index is 2.63. The van der Waals surface area contributed by atoms with Gasteiger partial charge in [0.15, 0.2) is 0 Å². The molecule has 4 heteroatoms. The van der Waals surface area contributed by atoms with Gasteiger partial charge in [-0.05, 0) is 6.92 Å². The first-order valence-electron chi connectivity index (χ1n) is 4.93. The van der Waals surface area contributed by atoms with E-state index >= 15 is 0 Å². The number of carboxylic acid groups (broad SMARTS) is 1. The Morgan fingerprint density at radius 1 is 1.31 bits per heavy atom. The van der Waals surface area contributed by atoms with Crippen LogP contribution in [0.15, 0.2) is 30.3 Å². The van der Waals surface area contributed by atoms with Crippen molar-refractivity contribution in [1.82, 2.24) is 9.55 Å². The zero-order valence-electron chi connectivity index (χ0n) is 9.14. The van der Waals surface area contributed by atoms with Gasteiger partial charge in [0.25, 0.3) is 0 Å². The van der Waals surface area contributed by atoms with Crippen LogP contribution in [-0.2, 0) is 7.05 Å². The molecule has 2 rings (SSSR count). The number of carboxylic acids is 1. The molecule has 1 aromatic carbocycles. The SMILES string of the molecule is Cc1nc(C(=O)O)n(C)c1-c1ccccc1. The molecule has 0 amide bonds. The van der Waals surface area contributed by atoms with Crippen molar-refractivity contribution in [2.45, 2.75) is 6.92 Å². The van der Waals surface area contributed by atoms with Crippen LogP contribution in [0, 0.1) is 6.92 Å². The third kappa shape index (κ3) is 1.58. The Labute approximate surface area is 93.2 Å². The summed E-state index contributed by atoms with van der Waals surface area (Å²) >= 11 is 0. The summed E-state index contributed by atoms with van der Waals surface area (Å²) in [7, 11) is 1.71. The normalized spacial score (nSPS) is 10.4. The highest BCUT2D eigenvalue weighted by atomic mass is 16.4. The topological polar surface area (TPSA) is 55.1 Å². The largest absolute Gasteiger partial charge is 0.475 e. The van der Waals surface area contributed by atoms with Crippen molar-refractivity contribution in [2.75, 3.05) is 0 Å². The molecule has 0 aliphatic rings. The van der Waals surface area contributed by atoms with E-state index in [1.54, 1.807) is 11.6 Å². The fourth-order valence-corrected chi connectivity index (χ4v) is 1.83. The van der Waals surface area contributed by atoms with Gasteiger partial charge in [-0.2, -0.15) is 0 Å². The molecule has 0 atom stereocenters. The number of aromatic carboxylic acids is 1. The third-order valence-electron chi connectivity index (χ3n) is 2.51. The lowest BCUT2D eigenvalue weighted by atomic mass is 10.1. The van der Waals surface area contributed by atoms with Crippen molar-refractivity contribution in [3.8, 4) is 11.3 Å². The van der Waals surface area contributed by atoms with E-state index in [0.717, 1.165) is 17.0 Å². The average molecular weight is 216 g/mol. The third-order valence-corrected chi connectivity index (χ3v) is 2.51. The van der Waals surface area contributed by atoms with Crippen LogP contribution < -0.4 is 0 Å². The van der Waals surface area contributed by atoms with Gasteiger partial charge in [-0.3, -0.25) is 0 Å². The minimum Gasteiger partial charge on any atom is -0.475 e. The van der Waals surface area contributed by atoms with Crippen LogP contribution in [0.4, 0.5) is 0 Å². The second-order valence-corrected chi connectivity index (χ2v) is 3.60. The van der Waals surface area contributed by atoms with Crippen molar-refractivity contribution in [3.63, 3.8) is 0 Å². The molecule has 1 aromatic heterocycles. The number of hydrogen-bond donors (Lipinski definition) is 1. The van der Waals surface area contributed by atoms with Crippen molar-refractivity contribution >= 4 is 5.97 Å². The Bertz CT molecular complexity index is 529. The summed E-state index contributed by atoms with van der Waals surface area (Å²) < 4.78 is 1.60. The van der Waals surface area contributed by atoms with Crippen LogP contribution in [0.5, 0.6) is 0 Å². The minimum atomic E-state index is -1.01. The lowest BCUT2D eigenvalue weighted by molar-refractivity contribution is 0.0679. The summed E-state index contributed by atoms with van der Waals surface area (Å²) in [5.74, 6) is -0.941. The van der Waals surface area contributed by atoms with Crippen molar-refractivity contribution in [3.05, 3.63) is 41.9 Å². The maximum absolute atomic E-state index is 10.9. The molecule has 0 aliphatic heterocycles. The summed E-state index contributed by atoms with van der Waals surface area (Å²) in [6.45, 7) is 1.81. The van der Waals surface area contributed by atoms with Crippen LogP contribution in [0.3, 0.4) is 0 Å². The molecule has 0 saturated carbocycles.